The summed E-state index contributed by atoms with van der Waals surface area (Å²) in [6.45, 7) is 0. The van der Waals surface area contributed by atoms with Crippen LogP contribution in [0.3, 0.4) is 0 Å². The molecule has 0 fully saturated rings. The molecule has 0 aliphatic heterocycles. The van der Waals surface area contributed by atoms with Crippen LogP contribution in [0.4, 0.5) is 0 Å². The summed E-state index contributed by atoms with van der Waals surface area (Å²) >= 11 is 0. The van der Waals surface area contributed by atoms with Crippen molar-refractivity contribution in [3.63, 3.8) is 0 Å². The Morgan fingerprint density at radius 1 is 0.265 bits per heavy atom. The molecule has 68 heavy (non-hydrogen) atoms. The highest BCUT2D eigenvalue weighted by Gasteiger charge is 2.24. The Morgan fingerprint density at radius 3 is 1.26 bits per heavy atom. The van der Waals surface area contributed by atoms with E-state index in [4.69, 9.17) is 15.0 Å². The number of para-hydroxylation sites is 3. The van der Waals surface area contributed by atoms with Gasteiger partial charge in [-0.05, 0) is 80.3 Å². The SMILES string of the molecule is c1ccc(-c2nc(-c3ccccc3)nc(-c3ccc(-c4cc5c6ccccc6c6ccccc6c5cc4-n4c5ccccc5c5ccc6c(c7ccccc7n6-c6ccccc6)c54)cc3)n2)cc1. The van der Waals surface area contributed by atoms with E-state index < -0.39 is 0 Å². The zero-order valence-electron chi connectivity index (χ0n) is 36.8. The largest absolute Gasteiger partial charge is 0.309 e. The van der Waals surface area contributed by atoms with Gasteiger partial charge in [0.05, 0.1) is 27.8 Å². The molecule has 0 saturated heterocycles. The Kier molecular flexibility index (Phi) is 8.52. The first-order valence-corrected chi connectivity index (χ1v) is 23.1. The molecule has 14 aromatic rings. The van der Waals surface area contributed by atoms with E-state index in [0.717, 1.165) is 44.7 Å². The maximum Gasteiger partial charge on any atom is 0.164 e. The van der Waals surface area contributed by atoms with Crippen LogP contribution in [-0.4, -0.2) is 24.1 Å². The van der Waals surface area contributed by atoms with Crippen LogP contribution >= 0.6 is 0 Å². The highest BCUT2D eigenvalue weighted by Crippen LogP contribution is 2.46. The van der Waals surface area contributed by atoms with E-state index >= 15 is 0 Å². The fourth-order valence-electron chi connectivity index (χ4n) is 10.7. The van der Waals surface area contributed by atoms with Crippen LogP contribution in [0.2, 0.25) is 0 Å². The lowest BCUT2D eigenvalue weighted by Crippen LogP contribution is -2.00. The van der Waals surface area contributed by atoms with Gasteiger partial charge in [0.25, 0.3) is 0 Å². The molecule has 3 heterocycles. The van der Waals surface area contributed by atoms with Gasteiger partial charge in [-0.1, -0.05) is 194 Å². The van der Waals surface area contributed by atoms with E-state index in [0.29, 0.717) is 17.5 Å². The molecule has 0 radical (unpaired) electrons. The summed E-state index contributed by atoms with van der Waals surface area (Å²) in [4.78, 5) is 15.1. The van der Waals surface area contributed by atoms with Crippen molar-refractivity contribution in [2.75, 3.05) is 0 Å². The fourth-order valence-corrected chi connectivity index (χ4v) is 10.7. The van der Waals surface area contributed by atoms with Gasteiger partial charge in [0.1, 0.15) is 0 Å². The van der Waals surface area contributed by atoms with Crippen molar-refractivity contribution in [1.29, 1.82) is 0 Å². The van der Waals surface area contributed by atoms with E-state index in [-0.39, 0.29) is 0 Å². The summed E-state index contributed by atoms with van der Waals surface area (Å²) in [5.41, 5.74) is 11.9. The van der Waals surface area contributed by atoms with Gasteiger partial charge in [-0.2, -0.15) is 0 Å². The van der Waals surface area contributed by atoms with Crippen molar-refractivity contribution < 1.29 is 0 Å². The van der Waals surface area contributed by atoms with Crippen LogP contribution in [0.15, 0.2) is 237 Å². The number of hydrogen-bond acceptors (Lipinski definition) is 3. The van der Waals surface area contributed by atoms with Crippen molar-refractivity contribution in [3.8, 4) is 56.7 Å². The summed E-state index contributed by atoms with van der Waals surface area (Å²) < 4.78 is 4.96. The summed E-state index contributed by atoms with van der Waals surface area (Å²) in [5, 5.41) is 12.2. The van der Waals surface area contributed by atoms with Gasteiger partial charge in [-0.25, -0.2) is 15.0 Å². The van der Waals surface area contributed by atoms with Crippen LogP contribution in [0.1, 0.15) is 0 Å². The van der Waals surface area contributed by atoms with Gasteiger partial charge in [0, 0.05) is 49.5 Å². The monoisotopic (exact) mass is 865 g/mol. The van der Waals surface area contributed by atoms with Gasteiger partial charge in [-0.15, -0.1) is 0 Å². The van der Waals surface area contributed by atoms with Crippen LogP contribution in [0, 0.1) is 0 Å². The van der Waals surface area contributed by atoms with Gasteiger partial charge < -0.3 is 9.13 Å². The molecule has 0 spiro atoms. The average molecular weight is 866 g/mol. The molecule has 11 aromatic carbocycles. The first-order chi connectivity index (χ1) is 33.7. The lowest BCUT2D eigenvalue weighted by molar-refractivity contribution is 1.07. The number of nitrogens with zero attached hydrogens (tertiary/aromatic N) is 5. The van der Waals surface area contributed by atoms with Crippen LogP contribution in [0.25, 0.3) is 133 Å². The summed E-state index contributed by atoms with van der Waals surface area (Å²) in [5.74, 6) is 1.90. The second-order valence-electron chi connectivity index (χ2n) is 17.5. The number of fused-ring (bicyclic) bond motifs is 13. The molecule has 0 unspecified atom stereocenters. The van der Waals surface area contributed by atoms with Gasteiger partial charge >= 0.3 is 0 Å². The number of benzene rings is 11. The molecule has 5 nitrogen and oxygen atoms in total. The molecular weight excluding hydrogens is 827 g/mol. The fraction of sp³-hybridized carbons (Fsp3) is 0. The first kappa shape index (κ1) is 38.1. The summed E-state index contributed by atoms with van der Waals surface area (Å²) in [6, 6.07) is 84.8. The third-order valence-electron chi connectivity index (χ3n) is 13.7. The average Bonchev–Trinajstić information content (AvgIpc) is 3.94. The minimum Gasteiger partial charge on any atom is -0.309 e. The van der Waals surface area contributed by atoms with Gasteiger partial charge in [0.2, 0.25) is 0 Å². The molecule has 14 rings (SSSR count). The molecular formula is C63H39N5. The quantitative estimate of drug-likeness (QED) is 0.156. The standard InChI is InChI=1S/C63H39N5/c1-4-18-41(19-5-1)61-64-62(42-20-6-2-7-21-42)66-63(65-61)43-34-32-40(33-35-43)52-38-53-47-26-12-10-24-45(47)46-25-11-13-27-48(46)54(53)39-58(52)68-55-30-16-14-28-49(55)50-36-37-57-59(60(50)68)51-29-15-17-31-56(51)67(57)44-22-8-3-9-23-44/h1-39H. The van der Waals surface area contributed by atoms with Gasteiger partial charge in [-0.3, -0.25) is 0 Å². The zero-order valence-corrected chi connectivity index (χ0v) is 36.8. The highest BCUT2D eigenvalue weighted by atomic mass is 15.0. The van der Waals surface area contributed by atoms with Crippen molar-refractivity contribution in [2.45, 2.75) is 0 Å². The molecule has 0 aliphatic carbocycles. The third kappa shape index (κ3) is 5.86. The molecule has 316 valence electrons. The molecule has 5 heteroatoms. The molecule has 0 atom stereocenters. The van der Waals surface area contributed by atoms with Crippen molar-refractivity contribution in [1.82, 2.24) is 24.1 Å². The summed E-state index contributed by atoms with van der Waals surface area (Å²) in [6.07, 6.45) is 0. The molecule has 0 bridgehead atoms. The van der Waals surface area contributed by atoms with Crippen LogP contribution in [-0.2, 0) is 0 Å². The maximum absolute atomic E-state index is 5.08. The zero-order chi connectivity index (χ0) is 44.7. The van der Waals surface area contributed by atoms with E-state index in [1.807, 2.05) is 60.7 Å². The Morgan fingerprint density at radius 2 is 0.691 bits per heavy atom. The minimum atomic E-state index is 0.625. The Labute approximate surface area is 391 Å². The minimum absolute atomic E-state index is 0.625. The molecule has 3 aromatic heterocycles. The number of aromatic nitrogens is 5. The second-order valence-corrected chi connectivity index (χ2v) is 17.5. The van der Waals surface area contributed by atoms with Crippen molar-refractivity contribution >= 4 is 75.9 Å². The molecule has 0 N–H and O–H groups in total. The highest BCUT2D eigenvalue weighted by molar-refractivity contribution is 6.28. The lowest BCUT2D eigenvalue weighted by Gasteiger charge is -2.19. The van der Waals surface area contributed by atoms with Crippen molar-refractivity contribution in [3.05, 3.63) is 237 Å². The lowest BCUT2D eigenvalue weighted by atomic mass is 9.90. The molecule has 0 aliphatic rings. The summed E-state index contributed by atoms with van der Waals surface area (Å²) in [7, 11) is 0. The Bertz CT molecular complexity index is 4230. The second kappa shape index (κ2) is 15.2. The van der Waals surface area contributed by atoms with E-state index in [1.165, 1.54) is 70.4 Å². The van der Waals surface area contributed by atoms with Crippen molar-refractivity contribution in [2.24, 2.45) is 0 Å². The predicted octanol–water partition coefficient (Wildman–Crippen LogP) is 16.2. The van der Waals surface area contributed by atoms with E-state index in [9.17, 15) is 0 Å². The molecule has 0 saturated carbocycles. The Balaban J connectivity index is 1.07. The van der Waals surface area contributed by atoms with Gasteiger partial charge in [0.15, 0.2) is 17.5 Å². The smallest absolute Gasteiger partial charge is 0.164 e. The number of hydrogen-bond donors (Lipinski definition) is 0. The maximum atomic E-state index is 5.08. The van der Waals surface area contributed by atoms with E-state index in [1.54, 1.807) is 0 Å². The molecule has 0 amide bonds. The first-order valence-electron chi connectivity index (χ1n) is 23.1. The van der Waals surface area contributed by atoms with Crippen LogP contribution in [0.5, 0.6) is 0 Å². The Hall–Kier alpha value is -9.19. The topological polar surface area (TPSA) is 48.5 Å². The predicted molar refractivity (Wildman–Crippen MR) is 283 cm³/mol. The third-order valence-corrected chi connectivity index (χ3v) is 13.7. The van der Waals surface area contributed by atoms with E-state index in [2.05, 4.69) is 185 Å². The number of rotatable bonds is 6. The van der Waals surface area contributed by atoms with Crippen LogP contribution < -0.4 is 0 Å². The normalized spacial score (nSPS) is 11.8.